The molecule has 0 radical (unpaired) electrons. The van der Waals surface area contributed by atoms with Crippen LogP contribution in [-0.2, 0) is 14.8 Å². The molecule has 9 heteroatoms. The van der Waals surface area contributed by atoms with Crippen LogP contribution in [0.2, 0.25) is 0 Å². The number of nitrogens with one attached hydrogen (secondary N) is 2. The zero-order valence-electron chi connectivity index (χ0n) is 16.2. The molecule has 1 aromatic heterocycles. The third kappa shape index (κ3) is 4.99. The minimum absolute atomic E-state index is 0.187. The SMILES string of the molecule is Cc1ccc(S(=O)(=O)N2CCC[C@H]2C(=O)NCCNC(=O)c2cccnc2)cc1. The van der Waals surface area contributed by atoms with E-state index in [9.17, 15) is 18.0 Å². The van der Waals surface area contributed by atoms with E-state index in [1.54, 1.807) is 42.6 Å². The van der Waals surface area contributed by atoms with Crippen molar-refractivity contribution in [3.8, 4) is 0 Å². The summed E-state index contributed by atoms with van der Waals surface area (Å²) < 4.78 is 27.1. The van der Waals surface area contributed by atoms with Crippen LogP contribution in [0, 0.1) is 6.92 Å². The summed E-state index contributed by atoms with van der Waals surface area (Å²) in [5.41, 5.74) is 1.40. The second-order valence-corrected chi connectivity index (χ2v) is 8.77. The Morgan fingerprint density at radius 3 is 2.55 bits per heavy atom. The van der Waals surface area contributed by atoms with Gasteiger partial charge in [-0.2, -0.15) is 4.31 Å². The lowest BCUT2D eigenvalue weighted by Crippen LogP contribution is -2.47. The van der Waals surface area contributed by atoms with Gasteiger partial charge in [0.15, 0.2) is 0 Å². The Bertz CT molecular complexity index is 962. The number of sulfonamides is 1. The molecular formula is C20H24N4O4S. The first-order valence-corrected chi connectivity index (χ1v) is 10.9. The first kappa shape index (κ1) is 20.9. The average Bonchev–Trinajstić information content (AvgIpc) is 3.23. The molecule has 1 aliphatic rings. The van der Waals surface area contributed by atoms with Crippen LogP contribution in [-0.4, -0.2) is 55.2 Å². The molecule has 29 heavy (non-hydrogen) atoms. The molecule has 0 bridgehead atoms. The van der Waals surface area contributed by atoms with Crippen LogP contribution in [0.15, 0.2) is 53.7 Å². The summed E-state index contributed by atoms with van der Waals surface area (Å²) in [6, 6.07) is 9.17. The summed E-state index contributed by atoms with van der Waals surface area (Å²) >= 11 is 0. The number of aromatic nitrogens is 1. The van der Waals surface area contributed by atoms with Crippen molar-refractivity contribution < 1.29 is 18.0 Å². The minimum Gasteiger partial charge on any atom is -0.353 e. The minimum atomic E-state index is -3.73. The van der Waals surface area contributed by atoms with E-state index in [1.807, 2.05) is 6.92 Å². The van der Waals surface area contributed by atoms with Crippen LogP contribution in [0.3, 0.4) is 0 Å². The van der Waals surface area contributed by atoms with E-state index in [0.717, 1.165) is 5.56 Å². The van der Waals surface area contributed by atoms with Crippen LogP contribution in [0.25, 0.3) is 0 Å². The molecule has 0 spiro atoms. The van der Waals surface area contributed by atoms with Gasteiger partial charge in [-0.3, -0.25) is 14.6 Å². The molecule has 0 saturated carbocycles. The Hall–Kier alpha value is -2.78. The van der Waals surface area contributed by atoms with Crippen LogP contribution >= 0.6 is 0 Å². The van der Waals surface area contributed by atoms with Gasteiger partial charge in [0.2, 0.25) is 15.9 Å². The number of rotatable bonds is 7. The number of aryl methyl sites for hydroxylation is 1. The number of amides is 2. The summed E-state index contributed by atoms with van der Waals surface area (Å²) in [6.45, 7) is 2.64. The lowest BCUT2D eigenvalue weighted by molar-refractivity contribution is -0.124. The van der Waals surface area contributed by atoms with Gasteiger partial charge in [0, 0.05) is 32.0 Å². The molecule has 2 amide bonds. The largest absolute Gasteiger partial charge is 0.353 e. The van der Waals surface area contributed by atoms with Crippen molar-refractivity contribution >= 4 is 21.8 Å². The van der Waals surface area contributed by atoms with Gasteiger partial charge in [0.25, 0.3) is 5.91 Å². The van der Waals surface area contributed by atoms with E-state index >= 15 is 0 Å². The van der Waals surface area contributed by atoms with Crippen molar-refractivity contribution in [2.75, 3.05) is 19.6 Å². The summed E-state index contributed by atoms with van der Waals surface area (Å²) in [4.78, 5) is 28.6. The van der Waals surface area contributed by atoms with Crippen LogP contribution in [0.1, 0.15) is 28.8 Å². The normalized spacial score (nSPS) is 17.1. The van der Waals surface area contributed by atoms with Crippen molar-refractivity contribution in [2.24, 2.45) is 0 Å². The van der Waals surface area contributed by atoms with Gasteiger partial charge in [-0.15, -0.1) is 0 Å². The maximum atomic E-state index is 12.9. The first-order valence-electron chi connectivity index (χ1n) is 9.44. The highest BCUT2D eigenvalue weighted by molar-refractivity contribution is 7.89. The molecule has 0 aliphatic carbocycles. The topological polar surface area (TPSA) is 108 Å². The van der Waals surface area contributed by atoms with E-state index in [0.29, 0.717) is 24.9 Å². The third-order valence-corrected chi connectivity index (χ3v) is 6.69. The van der Waals surface area contributed by atoms with Crippen LogP contribution in [0.5, 0.6) is 0 Å². The third-order valence-electron chi connectivity index (χ3n) is 4.77. The van der Waals surface area contributed by atoms with Crippen molar-refractivity contribution in [1.82, 2.24) is 19.9 Å². The van der Waals surface area contributed by atoms with E-state index in [1.165, 1.54) is 10.5 Å². The fourth-order valence-electron chi connectivity index (χ4n) is 3.21. The smallest absolute Gasteiger partial charge is 0.252 e. The van der Waals surface area contributed by atoms with E-state index in [-0.39, 0.29) is 29.8 Å². The van der Waals surface area contributed by atoms with E-state index < -0.39 is 16.1 Å². The average molecular weight is 417 g/mol. The fraction of sp³-hybridized carbons (Fsp3) is 0.350. The van der Waals surface area contributed by atoms with Gasteiger partial charge in [-0.05, 0) is 44.0 Å². The lowest BCUT2D eigenvalue weighted by Gasteiger charge is -2.23. The number of hydrogen-bond donors (Lipinski definition) is 2. The highest BCUT2D eigenvalue weighted by Gasteiger charge is 2.39. The Morgan fingerprint density at radius 2 is 1.86 bits per heavy atom. The molecule has 8 nitrogen and oxygen atoms in total. The molecule has 2 aromatic rings. The summed E-state index contributed by atoms with van der Waals surface area (Å²) in [5, 5.41) is 5.41. The number of carbonyl (C=O) groups excluding carboxylic acids is 2. The first-order chi connectivity index (χ1) is 13.9. The summed E-state index contributed by atoms with van der Waals surface area (Å²) in [7, 11) is -3.73. The second kappa shape index (κ2) is 9.15. The highest BCUT2D eigenvalue weighted by Crippen LogP contribution is 2.26. The van der Waals surface area contributed by atoms with Gasteiger partial charge in [0.05, 0.1) is 10.5 Å². The second-order valence-electron chi connectivity index (χ2n) is 6.88. The van der Waals surface area contributed by atoms with Crippen molar-refractivity contribution in [3.05, 3.63) is 59.9 Å². The van der Waals surface area contributed by atoms with Gasteiger partial charge < -0.3 is 10.6 Å². The van der Waals surface area contributed by atoms with Crippen molar-refractivity contribution in [1.29, 1.82) is 0 Å². The molecule has 1 fully saturated rings. The van der Waals surface area contributed by atoms with Crippen LogP contribution < -0.4 is 10.6 Å². The predicted molar refractivity (Wildman–Crippen MR) is 108 cm³/mol. The number of hydrogen-bond acceptors (Lipinski definition) is 5. The molecular weight excluding hydrogens is 392 g/mol. The van der Waals surface area contributed by atoms with Crippen molar-refractivity contribution in [2.45, 2.75) is 30.7 Å². The molecule has 154 valence electrons. The molecule has 1 saturated heterocycles. The quantitative estimate of drug-likeness (QED) is 0.657. The monoisotopic (exact) mass is 416 g/mol. The number of nitrogens with zero attached hydrogens (tertiary/aromatic N) is 2. The molecule has 0 unspecified atom stereocenters. The van der Waals surface area contributed by atoms with E-state index in [2.05, 4.69) is 15.6 Å². The Morgan fingerprint density at radius 1 is 1.14 bits per heavy atom. The van der Waals surface area contributed by atoms with Gasteiger partial charge in [-0.1, -0.05) is 17.7 Å². The molecule has 2 N–H and O–H groups in total. The Labute approximate surface area is 170 Å². The molecule has 1 aliphatic heterocycles. The molecule has 3 rings (SSSR count). The predicted octanol–water partition coefficient (Wildman–Crippen LogP) is 1.09. The van der Waals surface area contributed by atoms with Gasteiger partial charge in [0.1, 0.15) is 6.04 Å². The zero-order chi connectivity index (χ0) is 20.9. The summed E-state index contributed by atoms with van der Waals surface area (Å²) in [5.74, 6) is -0.634. The number of pyridine rings is 1. The lowest BCUT2D eigenvalue weighted by atomic mass is 10.2. The fourth-order valence-corrected chi connectivity index (χ4v) is 4.87. The molecule has 1 atom stereocenters. The van der Waals surface area contributed by atoms with Crippen molar-refractivity contribution in [3.63, 3.8) is 0 Å². The molecule has 2 heterocycles. The Kier molecular flexibility index (Phi) is 6.60. The zero-order valence-corrected chi connectivity index (χ0v) is 17.0. The number of benzene rings is 1. The van der Waals surface area contributed by atoms with Gasteiger partial charge in [-0.25, -0.2) is 8.42 Å². The Balaban J connectivity index is 1.54. The molecule has 1 aromatic carbocycles. The standard InChI is InChI=1S/C20H24N4O4S/c1-15-6-8-17(9-7-15)29(27,28)24-13-3-5-18(24)20(26)23-12-11-22-19(25)16-4-2-10-21-14-16/h2,4,6-10,14,18H,3,5,11-13H2,1H3,(H,22,25)(H,23,26)/t18-/m0/s1. The highest BCUT2D eigenvalue weighted by atomic mass is 32.2. The maximum absolute atomic E-state index is 12.9. The van der Waals surface area contributed by atoms with Gasteiger partial charge >= 0.3 is 0 Å². The summed E-state index contributed by atoms with van der Waals surface area (Å²) in [6.07, 6.45) is 4.13. The van der Waals surface area contributed by atoms with Crippen LogP contribution in [0.4, 0.5) is 0 Å². The maximum Gasteiger partial charge on any atom is 0.252 e. The van der Waals surface area contributed by atoms with E-state index in [4.69, 9.17) is 0 Å². The number of carbonyl (C=O) groups is 2.